The van der Waals surface area contributed by atoms with Crippen LogP contribution in [0.3, 0.4) is 0 Å². The maximum Gasteiger partial charge on any atom is 0.244 e. The molecule has 0 amide bonds. The van der Waals surface area contributed by atoms with E-state index >= 15 is 0 Å². The summed E-state index contributed by atoms with van der Waals surface area (Å²) in [5, 5.41) is 14.8. The fourth-order valence-corrected chi connectivity index (χ4v) is 3.08. The topological polar surface area (TPSA) is 81.2 Å². The fraction of sp³-hybridized carbons (Fsp3) is 0.526. The minimum absolute atomic E-state index is 0.452. The van der Waals surface area contributed by atoms with Crippen molar-refractivity contribution in [2.75, 3.05) is 30.9 Å². The Balaban J connectivity index is 1.42. The number of benzene rings is 1. The van der Waals surface area contributed by atoms with E-state index in [1.807, 2.05) is 24.3 Å². The zero-order valence-corrected chi connectivity index (χ0v) is 15.3. The van der Waals surface area contributed by atoms with Gasteiger partial charge in [-0.1, -0.05) is 25.7 Å². The van der Waals surface area contributed by atoms with Gasteiger partial charge in [0.1, 0.15) is 18.1 Å². The van der Waals surface area contributed by atoms with Crippen LogP contribution in [0.5, 0.6) is 11.5 Å². The van der Waals surface area contributed by atoms with Crippen LogP contribution in [0.4, 0.5) is 11.8 Å². The number of rotatable bonds is 8. The van der Waals surface area contributed by atoms with Crippen molar-refractivity contribution in [3.05, 3.63) is 30.5 Å². The third-order valence-electron chi connectivity index (χ3n) is 4.48. The molecule has 0 saturated heterocycles. The Kier molecular flexibility index (Phi) is 6.87. The van der Waals surface area contributed by atoms with E-state index in [9.17, 15) is 0 Å². The van der Waals surface area contributed by atoms with Gasteiger partial charge in [0.2, 0.25) is 5.95 Å². The lowest BCUT2D eigenvalue weighted by molar-refractivity contribution is 0.331. The number of nitrogens with one attached hydrogen (secondary N) is 2. The molecule has 0 bridgehead atoms. The van der Waals surface area contributed by atoms with Crippen molar-refractivity contribution in [2.45, 2.75) is 44.6 Å². The Labute approximate surface area is 154 Å². The number of ether oxygens (including phenoxy) is 2. The van der Waals surface area contributed by atoms with E-state index in [2.05, 4.69) is 25.8 Å². The second-order valence-corrected chi connectivity index (χ2v) is 6.45. The standard InChI is InChI=1S/C19H27N5O2/c1-25-16-8-10-17(11-9-16)26-13-12-20-18-14-21-24-19(23-18)22-15-6-4-2-3-5-7-15/h8-11,14-15H,2-7,12-13H2,1H3,(H2,20,22,23,24). The molecule has 7 nitrogen and oxygen atoms in total. The highest BCUT2D eigenvalue weighted by Gasteiger charge is 2.13. The molecule has 26 heavy (non-hydrogen) atoms. The first kappa shape index (κ1) is 18.2. The average molecular weight is 357 g/mol. The second-order valence-electron chi connectivity index (χ2n) is 6.45. The van der Waals surface area contributed by atoms with E-state index in [4.69, 9.17) is 9.47 Å². The van der Waals surface area contributed by atoms with E-state index < -0.39 is 0 Å². The van der Waals surface area contributed by atoms with Gasteiger partial charge < -0.3 is 20.1 Å². The SMILES string of the molecule is COc1ccc(OCCNc2cnnc(NC3CCCCCC3)n2)cc1. The van der Waals surface area contributed by atoms with Gasteiger partial charge in [-0.05, 0) is 37.1 Å². The summed E-state index contributed by atoms with van der Waals surface area (Å²) in [6.45, 7) is 1.16. The first-order chi connectivity index (χ1) is 12.8. The van der Waals surface area contributed by atoms with Gasteiger partial charge in [-0.15, -0.1) is 5.10 Å². The summed E-state index contributed by atoms with van der Waals surface area (Å²) in [5.74, 6) is 2.92. The molecule has 1 saturated carbocycles. The third-order valence-corrected chi connectivity index (χ3v) is 4.48. The number of nitrogens with zero attached hydrogens (tertiary/aromatic N) is 3. The van der Waals surface area contributed by atoms with Crippen molar-refractivity contribution in [1.82, 2.24) is 15.2 Å². The highest BCUT2D eigenvalue weighted by molar-refractivity contribution is 5.37. The quantitative estimate of drug-likeness (QED) is 0.553. The Bertz CT molecular complexity index is 657. The van der Waals surface area contributed by atoms with E-state index in [1.54, 1.807) is 13.3 Å². The Hall–Kier alpha value is -2.57. The van der Waals surface area contributed by atoms with Gasteiger partial charge in [0.15, 0.2) is 5.82 Å². The minimum atomic E-state index is 0.452. The van der Waals surface area contributed by atoms with Crippen LogP contribution in [0.1, 0.15) is 38.5 Å². The highest BCUT2D eigenvalue weighted by Crippen LogP contribution is 2.20. The molecule has 1 aliphatic rings. The van der Waals surface area contributed by atoms with Crippen molar-refractivity contribution in [1.29, 1.82) is 0 Å². The van der Waals surface area contributed by atoms with Crippen molar-refractivity contribution >= 4 is 11.8 Å². The molecule has 0 radical (unpaired) electrons. The maximum atomic E-state index is 5.70. The minimum Gasteiger partial charge on any atom is -0.497 e. The molecule has 7 heteroatoms. The fourth-order valence-electron chi connectivity index (χ4n) is 3.08. The summed E-state index contributed by atoms with van der Waals surface area (Å²) in [7, 11) is 1.65. The smallest absolute Gasteiger partial charge is 0.244 e. The first-order valence-corrected chi connectivity index (χ1v) is 9.30. The van der Waals surface area contributed by atoms with Crippen LogP contribution in [0.25, 0.3) is 0 Å². The predicted molar refractivity (Wildman–Crippen MR) is 102 cm³/mol. The molecule has 2 N–H and O–H groups in total. The van der Waals surface area contributed by atoms with E-state index in [1.165, 1.54) is 38.5 Å². The van der Waals surface area contributed by atoms with Crippen LogP contribution in [0.2, 0.25) is 0 Å². The summed E-state index contributed by atoms with van der Waals surface area (Å²) < 4.78 is 10.8. The molecule has 0 atom stereocenters. The largest absolute Gasteiger partial charge is 0.497 e. The molecule has 140 valence electrons. The summed E-state index contributed by atoms with van der Waals surface area (Å²) >= 11 is 0. The van der Waals surface area contributed by atoms with Gasteiger partial charge in [0, 0.05) is 6.04 Å². The van der Waals surface area contributed by atoms with Crippen LogP contribution in [-0.2, 0) is 0 Å². The lowest BCUT2D eigenvalue weighted by Crippen LogP contribution is -2.21. The zero-order valence-electron chi connectivity index (χ0n) is 15.3. The van der Waals surface area contributed by atoms with E-state index in [0.717, 1.165) is 11.5 Å². The maximum absolute atomic E-state index is 5.70. The van der Waals surface area contributed by atoms with Crippen molar-refractivity contribution < 1.29 is 9.47 Å². The molecule has 0 spiro atoms. The normalized spacial score (nSPS) is 15.1. The molecule has 0 aliphatic heterocycles. The van der Waals surface area contributed by atoms with Gasteiger partial charge >= 0.3 is 0 Å². The van der Waals surface area contributed by atoms with Crippen LogP contribution in [0.15, 0.2) is 30.5 Å². The van der Waals surface area contributed by atoms with Gasteiger partial charge in [0.25, 0.3) is 0 Å². The van der Waals surface area contributed by atoms with E-state index in [0.29, 0.717) is 31.0 Å². The zero-order chi connectivity index (χ0) is 18.0. The highest BCUT2D eigenvalue weighted by atomic mass is 16.5. The number of hydrogen-bond donors (Lipinski definition) is 2. The molecule has 1 fully saturated rings. The lowest BCUT2D eigenvalue weighted by atomic mass is 10.1. The summed E-state index contributed by atoms with van der Waals surface area (Å²) in [4.78, 5) is 4.50. The van der Waals surface area contributed by atoms with Crippen molar-refractivity contribution in [2.24, 2.45) is 0 Å². The number of anilines is 2. The van der Waals surface area contributed by atoms with Gasteiger partial charge in [-0.3, -0.25) is 0 Å². The predicted octanol–water partition coefficient (Wildman–Crippen LogP) is 3.51. The van der Waals surface area contributed by atoms with Crippen LogP contribution in [0, 0.1) is 0 Å². The lowest BCUT2D eigenvalue weighted by Gasteiger charge is -2.16. The number of aromatic nitrogens is 3. The molecular weight excluding hydrogens is 330 g/mol. The van der Waals surface area contributed by atoms with Crippen molar-refractivity contribution in [3.63, 3.8) is 0 Å². The molecule has 1 aromatic carbocycles. The average Bonchev–Trinajstić information content (AvgIpc) is 2.95. The Morgan fingerprint density at radius 1 is 1.04 bits per heavy atom. The molecule has 0 unspecified atom stereocenters. The monoisotopic (exact) mass is 357 g/mol. The number of methoxy groups -OCH3 is 1. The van der Waals surface area contributed by atoms with Gasteiger partial charge in [-0.25, -0.2) is 0 Å². The van der Waals surface area contributed by atoms with E-state index in [-0.39, 0.29) is 0 Å². The molecule has 1 aliphatic carbocycles. The van der Waals surface area contributed by atoms with Crippen LogP contribution in [-0.4, -0.2) is 41.5 Å². The summed E-state index contributed by atoms with van der Waals surface area (Å²) in [6, 6.07) is 7.98. The Morgan fingerprint density at radius 3 is 2.50 bits per heavy atom. The molecule has 2 aromatic rings. The van der Waals surface area contributed by atoms with Crippen LogP contribution >= 0.6 is 0 Å². The van der Waals surface area contributed by atoms with Crippen LogP contribution < -0.4 is 20.1 Å². The third kappa shape index (κ3) is 5.75. The number of hydrogen-bond acceptors (Lipinski definition) is 7. The van der Waals surface area contributed by atoms with Gasteiger partial charge in [-0.2, -0.15) is 10.1 Å². The molecule has 1 heterocycles. The summed E-state index contributed by atoms with van der Waals surface area (Å²) in [5.41, 5.74) is 0. The van der Waals surface area contributed by atoms with Gasteiger partial charge in [0.05, 0.1) is 19.9 Å². The molecular formula is C19H27N5O2. The molecule has 3 rings (SSSR count). The molecule has 1 aromatic heterocycles. The first-order valence-electron chi connectivity index (χ1n) is 9.30. The Morgan fingerprint density at radius 2 is 1.77 bits per heavy atom. The second kappa shape index (κ2) is 9.79. The summed E-state index contributed by atoms with van der Waals surface area (Å²) in [6.07, 6.45) is 9.18. The van der Waals surface area contributed by atoms with Crippen molar-refractivity contribution in [3.8, 4) is 11.5 Å².